The summed E-state index contributed by atoms with van der Waals surface area (Å²) < 4.78 is 0. The Balaban J connectivity index is 3.05. The van der Waals surface area contributed by atoms with Crippen LogP contribution in [0.15, 0.2) is 24.3 Å². The van der Waals surface area contributed by atoms with Gasteiger partial charge in [-0.3, -0.25) is 9.59 Å². The highest BCUT2D eigenvalue weighted by atomic mass is 16.4. The van der Waals surface area contributed by atoms with E-state index in [2.05, 4.69) is 0 Å². The first-order chi connectivity index (χ1) is 7.91. The highest BCUT2D eigenvalue weighted by Crippen LogP contribution is 2.18. The number of hydrogen-bond donors (Lipinski definition) is 4. The molecule has 0 saturated heterocycles. The molecule has 0 aliphatic heterocycles. The average molecular weight is 237 g/mol. The van der Waals surface area contributed by atoms with Crippen molar-refractivity contribution < 1.29 is 24.7 Å². The lowest BCUT2D eigenvalue weighted by Crippen LogP contribution is -2.31. The van der Waals surface area contributed by atoms with Crippen molar-refractivity contribution in [2.24, 2.45) is 5.73 Å². The number of aliphatic carboxylic acids is 1. The number of primary amides is 1. The molecule has 0 saturated carbocycles. The zero-order chi connectivity index (χ0) is 13.0. The van der Waals surface area contributed by atoms with Gasteiger partial charge in [0.2, 0.25) is 5.91 Å². The van der Waals surface area contributed by atoms with Crippen LogP contribution in [0.2, 0.25) is 0 Å². The molecular formula is C10H12BNO5. The van der Waals surface area contributed by atoms with Crippen LogP contribution in [0.3, 0.4) is 0 Å². The molecule has 6 nitrogen and oxygen atoms in total. The van der Waals surface area contributed by atoms with Gasteiger partial charge in [-0.1, -0.05) is 24.3 Å². The summed E-state index contributed by atoms with van der Waals surface area (Å²) >= 11 is 0. The Morgan fingerprint density at radius 1 is 1.35 bits per heavy atom. The maximum Gasteiger partial charge on any atom is 0.488 e. The van der Waals surface area contributed by atoms with E-state index in [4.69, 9.17) is 20.9 Å². The molecule has 7 heteroatoms. The third kappa shape index (κ3) is 3.58. The van der Waals surface area contributed by atoms with E-state index >= 15 is 0 Å². The normalized spacial score (nSPS) is 11.9. The standard InChI is InChI=1S/C10H12BNO5/c12-9(13)5-8(10(14)15)6-2-1-3-7(4-6)11(16)17/h1-4,8,16-17H,5H2,(H2,12,13)(H,14,15). The van der Waals surface area contributed by atoms with Crippen molar-refractivity contribution in [3.8, 4) is 0 Å². The average Bonchev–Trinajstić information content (AvgIpc) is 2.25. The Labute approximate surface area is 97.8 Å². The van der Waals surface area contributed by atoms with E-state index < -0.39 is 24.9 Å². The molecule has 5 N–H and O–H groups in total. The summed E-state index contributed by atoms with van der Waals surface area (Å²) in [5.74, 6) is -2.99. The molecule has 17 heavy (non-hydrogen) atoms. The second kappa shape index (κ2) is 5.47. The van der Waals surface area contributed by atoms with Crippen LogP contribution >= 0.6 is 0 Å². The van der Waals surface area contributed by atoms with Crippen molar-refractivity contribution in [1.29, 1.82) is 0 Å². The van der Waals surface area contributed by atoms with Crippen LogP contribution in [0.5, 0.6) is 0 Å². The van der Waals surface area contributed by atoms with E-state index in [1.807, 2.05) is 0 Å². The van der Waals surface area contributed by atoms with Gasteiger partial charge in [0.1, 0.15) is 0 Å². The molecule has 1 aromatic carbocycles. The van der Waals surface area contributed by atoms with Gasteiger partial charge in [0.15, 0.2) is 0 Å². The number of hydrogen-bond acceptors (Lipinski definition) is 4. The summed E-state index contributed by atoms with van der Waals surface area (Å²) in [6.07, 6.45) is -0.333. The Morgan fingerprint density at radius 3 is 2.47 bits per heavy atom. The van der Waals surface area contributed by atoms with Crippen LogP contribution in [0, 0.1) is 0 Å². The van der Waals surface area contributed by atoms with Gasteiger partial charge in [-0.25, -0.2) is 0 Å². The highest BCUT2D eigenvalue weighted by Gasteiger charge is 2.23. The molecule has 0 radical (unpaired) electrons. The Bertz CT molecular complexity index is 434. The van der Waals surface area contributed by atoms with Crippen molar-refractivity contribution in [3.63, 3.8) is 0 Å². The summed E-state index contributed by atoms with van der Waals surface area (Å²) in [5, 5.41) is 26.9. The number of carboxylic acids is 1. The number of carboxylic acid groups (broad SMARTS) is 1. The molecular weight excluding hydrogens is 225 g/mol. The summed E-state index contributed by atoms with van der Waals surface area (Å²) in [6.45, 7) is 0. The van der Waals surface area contributed by atoms with E-state index in [9.17, 15) is 9.59 Å². The van der Waals surface area contributed by atoms with Crippen molar-refractivity contribution >= 4 is 24.5 Å². The summed E-state index contributed by atoms with van der Waals surface area (Å²) in [6, 6.07) is 5.75. The van der Waals surface area contributed by atoms with E-state index in [0.29, 0.717) is 5.56 Å². The second-order valence-electron chi connectivity index (χ2n) is 3.61. The molecule has 0 fully saturated rings. The van der Waals surface area contributed by atoms with Crippen LogP contribution in [-0.4, -0.2) is 34.1 Å². The van der Waals surface area contributed by atoms with Gasteiger partial charge < -0.3 is 20.9 Å². The first kappa shape index (κ1) is 13.2. The minimum atomic E-state index is -1.68. The number of nitrogens with two attached hydrogens (primary N) is 1. The molecule has 90 valence electrons. The number of carbonyl (C=O) groups excluding carboxylic acids is 1. The number of carbonyl (C=O) groups is 2. The largest absolute Gasteiger partial charge is 0.488 e. The van der Waals surface area contributed by atoms with Crippen molar-refractivity contribution in [1.82, 2.24) is 0 Å². The lowest BCUT2D eigenvalue weighted by molar-refractivity contribution is -0.140. The van der Waals surface area contributed by atoms with Crippen LogP contribution in [0.1, 0.15) is 17.9 Å². The molecule has 1 atom stereocenters. The summed E-state index contributed by atoms with van der Waals surface area (Å²) in [4.78, 5) is 21.8. The molecule has 0 aromatic heterocycles. The minimum Gasteiger partial charge on any atom is -0.481 e. The van der Waals surface area contributed by atoms with Crippen LogP contribution in [0.25, 0.3) is 0 Å². The van der Waals surface area contributed by atoms with Crippen LogP contribution in [-0.2, 0) is 9.59 Å². The molecule has 1 aromatic rings. The Kier molecular flexibility index (Phi) is 4.25. The van der Waals surface area contributed by atoms with Crippen molar-refractivity contribution in [3.05, 3.63) is 29.8 Å². The first-order valence-corrected chi connectivity index (χ1v) is 4.89. The third-order valence-electron chi connectivity index (χ3n) is 2.31. The zero-order valence-corrected chi connectivity index (χ0v) is 8.91. The Hall–Kier alpha value is -1.86. The molecule has 0 aliphatic rings. The lowest BCUT2D eigenvalue weighted by Gasteiger charge is -2.12. The van der Waals surface area contributed by atoms with Crippen molar-refractivity contribution in [2.45, 2.75) is 12.3 Å². The van der Waals surface area contributed by atoms with E-state index in [0.717, 1.165) is 0 Å². The van der Waals surface area contributed by atoms with Crippen LogP contribution in [0.4, 0.5) is 0 Å². The molecule has 0 bridgehead atoms. The van der Waals surface area contributed by atoms with E-state index in [1.165, 1.54) is 24.3 Å². The monoisotopic (exact) mass is 237 g/mol. The predicted octanol–water partition coefficient (Wildman–Crippen LogP) is -1.59. The van der Waals surface area contributed by atoms with Crippen LogP contribution < -0.4 is 11.2 Å². The molecule has 1 amide bonds. The molecule has 1 unspecified atom stereocenters. The van der Waals surface area contributed by atoms with E-state index in [-0.39, 0.29) is 11.9 Å². The number of benzene rings is 1. The maximum absolute atomic E-state index is 11.0. The number of rotatable bonds is 5. The van der Waals surface area contributed by atoms with Gasteiger partial charge in [-0.2, -0.15) is 0 Å². The topological polar surface area (TPSA) is 121 Å². The van der Waals surface area contributed by atoms with Gasteiger partial charge in [0.05, 0.1) is 5.92 Å². The smallest absolute Gasteiger partial charge is 0.481 e. The van der Waals surface area contributed by atoms with Gasteiger partial charge in [0.25, 0.3) is 0 Å². The van der Waals surface area contributed by atoms with E-state index in [1.54, 1.807) is 0 Å². The minimum absolute atomic E-state index is 0.165. The summed E-state index contributed by atoms with van der Waals surface area (Å²) in [5.41, 5.74) is 5.44. The Morgan fingerprint density at radius 2 is 2.00 bits per heavy atom. The summed E-state index contributed by atoms with van der Waals surface area (Å²) in [7, 11) is -1.68. The fourth-order valence-corrected chi connectivity index (χ4v) is 1.49. The van der Waals surface area contributed by atoms with Gasteiger partial charge in [-0.15, -0.1) is 0 Å². The highest BCUT2D eigenvalue weighted by molar-refractivity contribution is 6.58. The predicted molar refractivity (Wildman–Crippen MR) is 60.5 cm³/mol. The number of amides is 1. The SMILES string of the molecule is NC(=O)CC(C(=O)O)c1cccc(B(O)O)c1. The zero-order valence-electron chi connectivity index (χ0n) is 8.91. The molecule has 0 heterocycles. The van der Waals surface area contributed by atoms with Gasteiger partial charge in [0, 0.05) is 6.42 Å². The second-order valence-corrected chi connectivity index (χ2v) is 3.61. The lowest BCUT2D eigenvalue weighted by atomic mass is 9.78. The molecule has 1 rings (SSSR count). The third-order valence-corrected chi connectivity index (χ3v) is 2.31. The van der Waals surface area contributed by atoms with Gasteiger partial charge in [-0.05, 0) is 11.0 Å². The fourth-order valence-electron chi connectivity index (χ4n) is 1.49. The van der Waals surface area contributed by atoms with Crippen molar-refractivity contribution in [2.75, 3.05) is 0 Å². The fraction of sp³-hybridized carbons (Fsp3) is 0.200. The maximum atomic E-state index is 11.0. The quantitative estimate of drug-likeness (QED) is 0.460. The molecule has 0 aliphatic carbocycles. The van der Waals surface area contributed by atoms with Gasteiger partial charge >= 0.3 is 13.1 Å². The first-order valence-electron chi connectivity index (χ1n) is 4.89. The molecule has 0 spiro atoms.